The third-order valence-corrected chi connectivity index (χ3v) is 4.91. The van der Waals surface area contributed by atoms with Crippen LogP contribution in [0.25, 0.3) is 11.4 Å². The molecule has 0 spiro atoms. The number of H-pyrrole nitrogens is 2. The van der Waals surface area contributed by atoms with E-state index >= 15 is 0 Å². The number of thioether (sulfide) groups is 1. The van der Waals surface area contributed by atoms with Gasteiger partial charge in [-0.3, -0.25) is 9.89 Å². The van der Waals surface area contributed by atoms with E-state index < -0.39 is 11.8 Å². The number of ether oxygens (including phenoxy) is 1. The van der Waals surface area contributed by atoms with Gasteiger partial charge in [-0.2, -0.15) is 0 Å². The Hall–Kier alpha value is -2.94. The Kier molecular flexibility index (Phi) is 5.93. The Morgan fingerprint density at radius 1 is 1.18 bits per heavy atom. The molecule has 3 rings (SSSR count). The number of benzene rings is 1. The number of rotatable bonds is 7. The van der Waals surface area contributed by atoms with E-state index in [1.54, 1.807) is 39.0 Å². The summed E-state index contributed by atoms with van der Waals surface area (Å²) in [4.78, 5) is 32.2. The fourth-order valence-electron chi connectivity index (χ4n) is 2.88. The molecule has 9 heteroatoms. The normalized spacial score (nSPS) is 10.9. The third-order valence-electron chi connectivity index (χ3n) is 4.06. The minimum atomic E-state index is -0.530. The van der Waals surface area contributed by atoms with Crippen molar-refractivity contribution >= 4 is 23.5 Å². The molecule has 0 aliphatic rings. The van der Waals surface area contributed by atoms with Crippen LogP contribution in [0.1, 0.15) is 39.0 Å². The molecule has 2 N–H and O–H groups in total. The minimum absolute atomic E-state index is 0.0269. The standard InChI is InChI=1S/C19H19FN4O3S/c1-4-27-18(26)16-11(3)21-10(2)15(16)14(25)9-28-19-22-17(23-24-19)12-7-5-6-8-13(12)20/h5-8,21H,4,9H2,1-3H3,(H,22,23,24). The average Bonchev–Trinajstić information content (AvgIpc) is 3.24. The van der Waals surface area contributed by atoms with Crippen molar-refractivity contribution in [3.8, 4) is 11.4 Å². The van der Waals surface area contributed by atoms with E-state index in [2.05, 4.69) is 20.2 Å². The summed E-state index contributed by atoms with van der Waals surface area (Å²) in [5, 5.41) is 7.01. The number of nitrogens with zero attached hydrogens (tertiary/aromatic N) is 2. The van der Waals surface area contributed by atoms with Gasteiger partial charge in [0.25, 0.3) is 0 Å². The van der Waals surface area contributed by atoms with Crippen molar-refractivity contribution in [2.24, 2.45) is 0 Å². The first-order valence-electron chi connectivity index (χ1n) is 8.62. The molecule has 0 bridgehead atoms. The SMILES string of the molecule is CCOC(=O)c1c(C)[nH]c(C)c1C(=O)CSc1n[nH]c(-c2ccccc2F)n1. The van der Waals surface area contributed by atoms with E-state index in [1.807, 2.05) is 0 Å². The quantitative estimate of drug-likeness (QED) is 0.355. The Labute approximate surface area is 165 Å². The molecule has 0 unspecified atom stereocenters. The predicted octanol–water partition coefficient (Wildman–Crippen LogP) is 3.71. The number of hydrogen-bond acceptors (Lipinski definition) is 6. The lowest BCUT2D eigenvalue weighted by Gasteiger charge is -2.05. The van der Waals surface area contributed by atoms with E-state index in [1.165, 1.54) is 6.07 Å². The summed E-state index contributed by atoms with van der Waals surface area (Å²) in [6, 6.07) is 6.21. The van der Waals surface area contributed by atoms with E-state index in [0.29, 0.717) is 27.7 Å². The highest BCUT2D eigenvalue weighted by Crippen LogP contribution is 2.25. The molecule has 0 aliphatic heterocycles. The van der Waals surface area contributed by atoms with Crippen molar-refractivity contribution in [1.82, 2.24) is 20.2 Å². The number of carbonyl (C=O) groups is 2. The first kappa shape index (κ1) is 19.8. The van der Waals surface area contributed by atoms with Gasteiger partial charge in [0.1, 0.15) is 5.82 Å². The second-order valence-corrected chi connectivity index (χ2v) is 6.95. The molecule has 0 amide bonds. The fourth-order valence-corrected chi connectivity index (χ4v) is 3.55. The molecule has 0 fully saturated rings. The molecule has 3 aromatic rings. The maximum atomic E-state index is 13.9. The summed E-state index contributed by atoms with van der Waals surface area (Å²) in [6.45, 7) is 5.39. The molecular formula is C19H19FN4O3S. The highest BCUT2D eigenvalue weighted by Gasteiger charge is 2.25. The van der Waals surface area contributed by atoms with E-state index in [4.69, 9.17) is 4.74 Å². The average molecular weight is 402 g/mol. The van der Waals surface area contributed by atoms with Crippen LogP contribution in [0, 0.1) is 19.7 Å². The van der Waals surface area contributed by atoms with Crippen molar-refractivity contribution in [3.63, 3.8) is 0 Å². The minimum Gasteiger partial charge on any atom is -0.462 e. The van der Waals surface area contributed by atoms with Crippen LogP contribution >= 0.6 is 11.8 Å². The van der Waals surface area contributed by atoms with Gasteiger partial charge in [-0.25, -0.2) is 14.2 Å². The zero-order chi connectivity index (χ0) is 20.3. The molecule has 0 saturated carbocycles. The summed E-state index contributed by atoms with van der Waals surface area (Å²) >= 11 is 1.10. The first-order valence-corrected chi connectivity index (χ1v) is 9.60. The van der Waals surface area contributed by atoms with E-state index in [0.717, 1.165) is 11.8 Å². The Morgan fingerprint density at radius 2 is 1.89 bits per heavy atom. The number of halogens is 1. The maximum absolute atomic E-state index is 13.9. The first-order chi connectivity index (χ1) is 13.4. The van der Waals surface area contributed by atoms with Crippen molar-refractivity contribution < 1.29 is 18.7 Å². The summed E-state index contributed by atoms with van der Waals surface area (Å²) in [7, 11) is 0. The molecule has 28 heavy (non-hydrogen) atoms. The monoisotopic (exact) mass is 402 g/mol. The predicted molar refractivity (Wildman–Crippen MR) is 103 cm³/mol. The van der Waals surface area contributed by atoms with E-state index in [9.17, 15) is 14.0 Å². The summed E-state index contributed by atoms with van der Waals surface area (Å²) in [6.07, 6.45) is 0. The van der Waals surface area contributed by atoms with Crippen molar-refractivity contribution in [2.45, 2.75) is 25.9 Å². The zero-order valence-corrected chi connectivity index (χ0v) is 16.4. The number of nitrogens with one attached hydrogen (secondary N) is 2. The number of Topliss-reactive ketones (excluding diaryl/α,β-unsaturated/α-hetero) is 1. The molecule has 2 aromatic heterocycles. The van der Waals surface area contributed by atoms with Gasteiger partial charge in [0.2, 0.25) is 5.16 Å². The van der Waals surface area contributed by atoms with Crippen LogP contribution in [-0.4, -0.2) is 44.3 Å². The molecule has 2 heterocycles. The zero-order valence-electron chi connectivity index (χ0n) is 15.6. The second kappa shape index (κ2) is 8.39. The van der Waals surface area contributed by atoms with Crippen LogP contribution in [0.3, 0.4) is 0 Å². The lowest BCUT2D eigenvalue weighted by atomic mass is 10.1. The lowest BCUT2D eigenvalue weighted by Crippen LogP contribution is -2.13. The van der Waals surface area contributed by atoms with Crippen LogP contribution in [0.5, 0.6) is 0 Å². The Morgan fingerprint density at radius 3 is 2.61 bits per heavy atom. The van der Waals surface area contributed by atoms with Gasteiger partial charge in [-0.1, -0.05) is 23.9 Å². The van der Waals surface area contributed by atoms with E-state index in [-0.39, 0.29) is 29.5 Å². The molecule has 146 valence electrons. The van der Waals surface area contributed by atoms with Crippen LogP contribution in [-0.2, 0) is 4.74 Å². The number of ketones is 1. The molecule has 7 nitrogen and oxygen atoms in total. The molecule has 0 saturated heterocycles. The number of aromatic nitrogens is 4. The fraction of sp³-hybridized carbons (Fsp3) is 0.263. The Bertz CT molecular complexity index is 1030. The van der Waals surface area contributed by atoms with Crippen molar-refractivity contribution in [2.75, 3.05) is 12.4 Å². The summed E-state index contributed by atoms with van der Waals surface area (Å²) in [5.74, 6) is -0.874. The van der Waals surface area contributed by atoms with Crippen molar-refractivity contribution in [3.05, 3.63) is 52.6 Å². The molecular weight excluding hydrogens is 383 g/mol. The third kappa shape index (κ3) is 3.99. The van der Waals surface area contributed by atoms with Gasteiger partial charge in [0.05, 0.1) is 29.1 Å². The summed E-state index contributed by atoms with van der Waals surface area (Å²) in [5.41, 5.74) is 2.06. The van der Waals surface area contributed by atoms with Crippen LogP contribution in [0.15, 0.2) is 29.4 Å². The second-order valence-electron chi connectivity index (χ2n) is 6.00. The molecule has 0 atom stereocenters. The number of aromatic amines is 2. The number of esters is 1. The van der Waals surface area contributed by atoms with Crippen LogP contribution < -0.4 is 0 Å². The van der Waals surface area contributed by atoms with Gasteiger partial charge in [0.15, 0.2) is 11.6 Å². The molecule has 1 aromatic carbocycles. The van der Waals surface area contributed by atoms with Crippen LogP contribution in [0.4, 0.5) is 4.39 Å². The highest BCUT2D eigenvalue weighted by molar-refractivity contribution is 7.99. The maximum Gasteiger partial charge on any atom is 0.340 e. The highest BCUT2D eigenvalue weighted by atomic mass is 32.2. The number of carbonyl (C=O) groups excluding carboxylic acids is 2. The lowest BCUT2D eigenvalue weighted by molar-refractivity contribution is 0.0522. The Balaban J connectivity index is 1.75. The topological polar surface area (TPSA) is 101 Å². The molecule has 0 radical (unpaired) electrons. The van der Waals surface area contributed by atoms with Crippen LogP contribution in [0.2, 0.25) is 0 Å². The van der Waals surface area contributed by atoms with Gasteiger partial charge >= 0.3 is 5.97 Å². The van der Waals surface area contributed by atoms with Crippen molar-refractivity contribution in [1.29, 1.82) is 0 Å². The molecule has 0 aliphatic carbocycles. The number of hydrogen-bond donors (Lipinski definition) is 2. The summed E-state index contributed by atoms with van der Waals surface area (Å²) < 4.78 is 18.9. The number of aryl methyl sites for hydroxylation is 2. The smallest absolute Gasteiger partial charge is 0.340 e. The largest absolute Gasteiger partial charge is 0.462 e. The van der Waals surface area contributed by atoms with Gasteiger partial charge in [-0.05, 0) is 32.9 Å². The van der Waals surface area contributed by atoms with Gasteiger partial charge in [0, 0.05) is 11.4 Å². The van der Waals surface area contributed by atoms with Gasteiger partial charge < -0.3 is 9.72 Å². The van der Waals surface area contributed by atoms with Gasteiger partial charge in [-0.15, -0.1) is 5.10 Å².